The van der Waals surface area contributed by atoms with Crippen molar-refractivity contribution in [3.8, 4) is 11.5 Å². The Bertz CT molecular complexity index is 584. The Kier molecular flexibility index (Phi) is 5.24. The number of nitrogens with one attached hydrogen (secondary N) is 1. The average molecular weight is 314 g/mol. The zero-order valence-corrected chi connectivity index (χ0v) is 12.4. The molecule has 0 atom stereocenters. The molecule has 2 nitrogen and oxygen atoms in total. The molecule has 0 aromatic heterocycles. The molecule has 0 fully saturated rings. The topological polar surface area (TPSA) is 21.3 Å². The van der Waals surface area contributed by atoms with Crippen molar-refractivity contribution < 1.29 is 9.13 Å². The molecule has 5 heteroatoms. The largest absolute Gasteiger partial charge is 0.454 e. The maximum absolute atomic E-state index is 13.9. The van der Waals surface area contributed by atoms with E-state index in [9.17, 15) is 4.39 Å². The second-order valence-electron chi connectivity index (χ2n) is 4.25. The van der Waals surface area contributed by atoms with Crippen molar-refractivity contribution in [1.29, 1.82) is 0 Å². The molecule has 0 spiro atoms. The summed E-state index contributed by atoms with van der Waals surface area (Å²) in [6, 6.07) is 9.61. The molecular weight excluding hydrogens is 300 g/mol. The van der Waals surface area contributed by atoms with E-state index < -0.39 is 5.82 Å². The summed E-state index contributed by atoms with van der Waals surface area (Å²) >= 11 is 11.7. The Balaban J connectivity index is 2.16. The van der Waals surface area contributed by atoms with E-state index in [1.165, 1.54) is 6.07 Å². The van der Waals surface area contributed by atoms with Crippen molar-refractivity contribution in [3.05, 3.63) is 57.8 Å². The van der Waals surface area contributed by atoms with Crippen LogP contribution in [0.3, 0.4) is 0 Å². The number of rotatable bonds is 5. The minimum atomic E-state index is -0.420. The van der Waals surface area contributed by atoms with Crippen molar-refractivity contribution >= 4 is 23.2 Å². The SMILES string of the molecule is CCNCc1ccc(Oc2cc(Cl)cc(Cl)c2)c(F)c1. The summed E-state index contributed by atoms with van der Waals surface area (Å²) in [5, 5.41) is 4.02. The molecule has 0 radical (unpaired) electrons. The zero-order valence-electron chi connectivity index (χ0n) is 10.9. The van der Waals surface area contributed by atoms with E-state index in [1.54, 1.807) is 24.3 Å². The second-order valence-corrected chi connectivity index (χ2v) is 5.13. The molecular formula is C15H14Cl2FNO. The van der Waals surface area contributed by atoms with Gasteiger partial charge >= 0.3 is 0 Å². The van der Waals surface area contributed by atoms with Crippen molar-refractivity contribution in [2.24, 2.45) is 0 Å². The fourth-order valence-electron chi connectivity index (χ4n) is 1.72. The van der Waals surface area contributed by atoms with E-state index in [0.29, 0.717) is 22.3 Å². The van der Waals surface area contributed by atoms with Gasteiger partial charge in [0.25, 0.3) is 0 Å². The molecule has 2 rings (SSSR count). The molecule has 20 heavy (non-hydrogen) atoms. The van der Waals surface area contributed by atoms with Gasteiger partial charge < -0.3 is 10.1 Å². The minimum Gasteiger partial charge on any atom is -0.454 e. The quantitative estimate of drug-likeness (QED) is 0.835. The Morgan fingerprint density at radius 2 is 1.80 bits per heavy atom. The molecule has 0 saturated carbocycles. The molecule has 1 N–H and O–H groups in total. The number of halogens is 3. The molecule has 0 amide bonds. The molecule has 2 aromatic carbocycles. The van der Waals surface area contributed by atoms with Gasteiger partial charge in [0, 0.05) is 16.6 Å². The summed E-state index contributed by atoms with van der Waals surface area (Å²) in [4.78, 5) is 0. The Labute approximate surface area is 127 Å². The molecule has 0 unspecified atom stereocenters. The lowest BCUT2D eigenvalue weighted by molar-refractivity contribution is 0.441. The highest BCUT2D eigenvalue weighted by molar-refractivity contribution is 6.34. The van der Waals surface area contributed by atoms with Gasteiger partial charge in [-0.1, -0.05) is 36.2 Å². The van der Waals surface area contributed by atoms with Gasteiger partial charge in [-0.25, -0.2) is 4.39 Å². The summed E-state index contributed by atoms with van der Waals surface area (Å²) in [5.74, 6) is 0.126. The van der Waals surface area contributed by atoms with Gasteiger partial charge in [-0.2, -0.15) is 0 Å². The third-order valence-corrected chi connectivity index (χ3v) is 3.08. The molecule has 0 saturated heterocycles. The molecule has 0 heterocycles. The van der Waals surface area contributed by atoms with Crippen molar-refractivity contribution in [2.75, 3.05) is 6.54 Å². The van der Waals surface area contributed by atoms with Gasteiger partial charge in [-0.15, -0.1) is 0 Å². The maximum atomic E-state index is 13.9. The Morgan fingerprint density at radius 3 is 2.40 bits per heavy atom. The molecule has 0 bridgehead atoms. The summed E-state index contributed by atoms with van der Waals surface area (Å²) < 4.78 is 19.4. The predicted molar refractivity (Wildman–Crippen MR) is 80.3 cm³/mol. The first-order valence-corrected chi connectivity index (χ1v) is 6.97. The highest BCUT2D eigenvalue weighted by Crippen LogP contribution is 2.30. The maximum Gasteiger partial charge on any atom is 0.166 e. The van der Waals surface area contributed by atoms with Crippen LogP contribution in [0.4, 0.5) is 4.39 Å². The molecule has 106 valence electrons. The van der Waals surface area contributed by atoms with Crippen LogP contribution in [-0.4, -0.2) is 6.54 Å². The number of ether oxygens (including phenoxy) is 1. The first-order valence-electron chi connectivity index (χ1n) is 6.21. The van der Waals surface area contributed by atoms with Crippen LogP contribution in [0, 0.1) is 5.82 Å². The second kappa shape index (κ2) is 6.93. The van der Waals surface area contributed by atoms with Crippen LogP contribution in [0.15, 0.2) is 36.4 Å². The Morgan fingerprint density at radius 1 is 1.10 bits per heavy atom. The third-order valence-electron chi connectivity index (χ3n) is 2.64. The fraction of sp³-hybridized carbons (Fsp3) is 0.200. The van der Waals surface area contributed by atoms with Crippen molar-refractivity contribution in [3.63, 3.8) is 0 Å². The molecule has 0 aliphatic carbocycles. The summed E-state index contributed by atoms with van der Waals surface area (Å²) in [6.07, 6.45) is 0. The average Bonchev–Trinajstić information content (AvgIpc) is 2.38. The zero-order chi connectivity index (χ0) is 14.5. The van der Waals surface area contributed by atoms with Gasteiger partial charge in [0.05, 0.1) is 0 Å². The van der Waals surface area contributed by atoms with Crippen LogP contribution in [0.5, 0.6) is 11.5 Å². The lowest BCUT2D eigenvalue weighted by Crippen LogP contribution is -2.11. The first-order chi connectivity index (χ1) is 9.58. The predicted octanol–water partition coefficient (Wildman–Crippen LogP) is 5.03. The first kappa shape index (κ1) is 15.1. The molecule has 0 aliphatic rings. The van der Waals surface area contributed by atoms with Crippen molar-refractivity contribution in [1.82, 2.24) is 5.32 Å². The fourth-order valence-corrected chi connectivity index (χ4v) is 2.23. The summed E-state index contributed by atoms with van der Waals surface area (Å²) in [5.41, 5.74) is 0.862. The van der Waals surface area contributed by atoms with Gasteiger partial charge in [0.15, 0.2) is 11.6 Å². The third kappa shape index (κ3) is 4.10. The van der Waals surface area contributed by atoms with Crippen LogP contribution in [0.1, 0.15) is 12.5 Å². The highest BCUT2D eigenvalue weighted by Gasteiger charge is 2.07. The summed E-state index contributed by atoms with van der Waals surface area (Å²) in [7, 11) is 0. The normalized spacial score (nSPS) is 10.6. The molecule has 0 aliphatic heterocycles. The van der Waals surface area contributed by atoms with Crippen LogP contribution in [0.2, 0.25) is 10.0 Å². The van der Waals surface area contributed by atoms with E-state index in [0.717, 1.165) is 12.1 Å². The van der Waals surface area contributed by atoms with Crippen LogP contribution >= 0.6 is 23.2 Å². The lowest BCUT2D eigenvalue weighted by Gasteiger charge is -2.09. The van der Waals surface area contributed by atoms with Crippen molar-refractivity contribution in [2.45, 2.75) is 13.5 Å². The lowest BCUT2D eigenvalue weighted by atomic mass is 10.2. The molecule has 2 aromatic rings. The van der Waals surface area contributed by atoms with Gasteiger partial charge in [-0.05, 0) is 42.4 Å². The van der Waals surface area contributed by atoms with Gasteiger partial charge in [-0.3, -0.25) is 0 Å². The Hall–Kier alpha value is -1.29. The number of hydrogen-bond acceptors (Lipinski definition) is 2. The van der Waals surface area contributed by atoms with E-state index in [-0.39, 0.29) is 5.75 Å². The van der Waals surface area contributed by atoms with E-state index >= 15 is 0 Å². The summed E-state index contributed by atoms with van der Waals surface area (Å²) in [6.45, 7) is 3.45. The smallest absolute Gasteiger partial charge is 0.166 e. The number of hydrogen-bond donors (Lipinski definition) is 1. The van der Waals surface area contributed by atoms with Gasteiger partial charge in [0.2, 0.25) is 0 Å². The van der Waals surface area contributed by atoms with E-state index in [4.69, 9.17) is 27.9 Å². The van der Waals surface area contributed by atoms with E-state index in [1.807, 2.05) is 13.0 Å². The minimum absolute atomic E-state index is 0.142. The van der Waals surface area contributed by atoms with Crippen LogP contribution < -0.4 is 10.1 Å². The van der Waals surface area contributed by atoms with Crippen LogP contribution in [0.25, 0.3) is 0 Å². The van der Waals surface area contributed by atoms with Crippen LogP contribution in [-0.2, 0) is 6.54 Å². The number of benzene rings is 2. The standard InChI is InChI=1S/C15H14Cl2FNO/c1-2-19-9-10-3-4-15(14(18)5-10)20-13-7-11(16)6-12(17)8-13/h3-8,19H,2,9H2,1H3. The van der Waals surface area contributed by atoms with E-state index in [2.05, 4.69) is 5.32 Å². The highest BCUT2D eigenvalue weighted by atomic mass is 35.5. The van der Waals surface area contributed by atoms with Gasteiger partial charge in [0.1, 0.15) is 5.75 Å². The monoisotopic (exact) mass is 313 g/mol.